The van der Waals surface area contributed by atoms with Crippen molar-refractivity contribution in [1.29, 1.82) is 0 Å². The third kappa shape index (κ3) is 4.93. The van der Waals surface area contributed by atoms with Crippen LogP contribution in [0.4, 0.5) is 0 Å². The lowest BCUT2D eigenvalue weighted by atomic mass is 9.96. The molecule has 220 valence electrons. The van der Waals surface area contributed by atoms with Crippen LogP contribution in [-0.2, 0) is 0 Å². The summed E-state index contributed by atoms with van der Waals surface area (Å²) < 4.78 is 6.52. The first-order valence-corrected chi connectivity index (χ1v) is 15.7. The predicted octanol–water partition coefficient (Wildman–Crippen LogP) is 11.3. The average Bonchev–Trinajstić information content (AvgIpc) is 3.54. The van der Waals surface area contributed by atoms with Crippen LogP contribution in [0.3, 0.4) is 0 Å². The molecular weight excluding hydrogens is 574 g/mol. The van der Waals surface area contributed by atoms with Crippen LogP contribution in [-0.4, -0.2) is 15.0 Å². The molecule has 0 aliphatic rings. The standard InChI is InChI=1S/C43H27N3O/c1-4-12-28(13-5-1)33-24-34(29-14-6-2-7-15-29)26-35(25-33)43-45-41(31-17-8-3-9-18-31)44-42(46-43)32-21-22-37-38-23-20-30-16-10-11-19-36(30)40(38)47-39(37)27-32/h1-27H. The van der Waals surface area contributed by atoms with Gasteiger partial charge in [-0.25, -0.2) is 15.0 Å². The second-order valence-corrected chi connectivity index (χ2v) is 11.7. The first-order chi connectivity index (χ1) is 23.3. The molecule has 0 radical (unpaired) electrons. The maximum Gasteiger partial charge on any atom is 0.164 e. The van der Waals surface area contributed by atoms with Gasteiger partial charge in [0.25, 0.3) is 0 Å². The number of nitrogens with zero attached hydrogens (tertiary/aromatic N) is 3. The van der Waals surface area contributed by atoms with Crippen LogP contribution in [0.5, 0.6) is 0 Å². The van der Waals surface area contributed by atoms with Gasteiger partial charge in [-0.1, -0.05) is 127 Å². The van der Waals surface area contributed by atoms with E-state index in [4.69, 9.17) is 19.4 Å². The van der Waals surface area contributed by atoms with Crippen LogP contribution >= 0.6 is 0 Å². The largest absolute Gasteiger partial charge is 0.455 e. The quantitative estimate of drug-likeness (QED) is 0.197. The van der Waals surface area contributed by atoms with Crippen molar-refractivity contribution in [3.63, 3.8) is 0 Å². The summed E-state index contributed by atoms with van der Waals surface area (Å²) in [5, 5.41) is 4.42. The van der Waals surface area contributed by atoms with Crippen molar-refractivity contribution in [2.24, 2.45) is 0 Å². The minimum absolute atomic E-state index is 0.590. The highest BCUT2D eigenvalue weighted by molar-refractivity contribution is 6.15. The Morgan fingerprint density at radius 1 is 0.319 bits per heavy atom. The number of hydrogen-bond acceptors (Lipinski definition) is 4. The van der Waals surface area contributed by atoms with Crippen LogP contribution < -0.4 is 0 Å². The van der Waals surface area contributed by atoms with E-state index in [-0.39, 0.29) is 0 Å². The summed E-state index contributed by atoms with van der Waals surface area (Å²) in [6.45, 7) is 0. The number of hydrogen-bond donors (Lipinski definition) is 0. The zero-order valence-corrected chi connectivity index (χ0v) is 25.3. The number of rotatable bonds is 5. The van der Waals surface area contributed by atoms with Crippen molar-refractivity contribution in [3.8, 4) is 56.4 Å². The fourth-order valence-corrected chi connectivity index (χ4v) is 6.35. The van der Waals surface area contributed by atoms with Crippen molar-refractivity contribution < 1.29 is 4.42 Å². The van der Waals surface area contributed by atoms with Crippen LogP contribution in [0.25, 0.3) is 89.1 Å². The van der Waals surface area contributed by atoms with E-state index >= 15 is 0 Å². The Balaban J connectivity index is 1.25. The van der Waals surface area contributed by atoms with Crippen molar-refractivity contribution in [2.45, 2.75) is 0 Å². The van der Waals surface area contributed by atoms with Gasteiger partial charge >= 0.3 is 0 Å². The number of benzene rings is 7. The molecular formula is C43H27N3O. The first-order valence-electron chi connectivity index (χ1n) is 15.7. The molecule has 0 bridgehead atoms. The zero-order valence-electron chi connectivity index (χ0n) is 25.3. The van der Waals surface area contributed by atoms with E-state index in [0.29, 0.717) is 17.5 Å². The summed E-state index contributed by atoms with van der Waals surface area (Å²) in [5.74, 6) is 1.82. The van der Waals surface area contributed by atoms with Gasteiger partial charge in [-0.2, -0.15) is 0 Å². The fraction of sp³-hybridized carbons (Fsp3) is 0. The Hall–Kier alpha value is -6.39. The van der Waals surface area contributed by atoms with Crippen molar-refractivity contribution in [3.05, 3.63) is 164 Å². The molecule has 7 aromatic carbocycles. The summed E-state index contributed by atoms with van der Waals surface area (Å²) >= 11 is 0. The Kier molecular flexibility index (Phi) is 6.43. The number of aromatic nitrogens is 3. The average molecular weight is 602 g/mol. The molecule has 0 aliphatic carbocycles. The lowest BCUT2D eigenvalue weighted by Crippen LogP contribution is -2.00. The van der Waals surface area contributed by atoms with Crippen LogP contribution in [0.15, 0.2) is 168 Å². The SMILES string of the molecule is c1ccc(-c2cc(-c3ccccc3)cc(-c3nc(-c4ccccc4)nc(-c4ccc5c(c4)oc4c6ccccc6ccc54)n3)c2)cc1. The molecule has 9 aromatic rings. The molecule has 0 atom stereocenters. The molecule has 0 N–H and O–H groups in total. The highest BCUT2D eigenvalue weighted by atomic mass is 16.3. The summed E-state index contributed by atoms with van der Waals surface area (Å²) in [4.78, 5) is 15.2. The van der Waals surface area contributed by atoms with E-state index in [0.717, 1.165) is 71.7 Å². The molecule has 0 amide bonds. The smallest absolute Gasteiger partial charge is 0.164 e. The topological polar surface area (TPSA) is 51.8 Å². The van der Waals surface area contributed by atoms with Crippen molar-refractivity contribution in [1.82, 2.24) is 15.0 Å². The first kappa shape index (κ1) is 27.0. The van der Waals surface area contributed by atoms with Crippen LogP contribution in [0.2, 0.25) is 0 Å². The molecule has 0 saturated carbocycles. The van der Waals surface area contributed by atoms with Gasteiger partial charge in [0.05, 0.1) is 0 Å². The highest BCUT2D eigenvalue weighted by Gasteiger charge is 2.17. The Morgan fingerprint density at radius 2 is 0.830 bits per heavy atom. The maximum atomic E-state index is 6.52. The molecule has 0 unspecified atom stereocenters. The van der Waals surface area contributed by atoms with E-state index in [1.54, 1.807) is 0 Å². The number of furan rings is 1. The molecule has 2 heterocycles. The van der Waals surface area contributed by atoms with E-state index in [2.05, 4.69) is 109 Å². The predicted molar refractivity (Wildman–Crippen MR) is 192 cm³/mol. The minimum Gasteiger partial charge on any atom is -0.455 e. The molecule has 47 heavy (non-hydrogen) atoms. The molecule has 9 rings (SSSR count). The zero-order chi connectivity index (χ0) is 31.2. The van der Waals surface area contributed by atoms with Crippen LogP contribution in [0, 0.1) is 0 Å². The fourth-order valence-electron chi connectivity index (χ4n) is 6.35. The molecule has 0 spiro atoms. The summed E-state index contributed by atoms with van der Waals surface area (Å²) in [7, 11) is 0. The monoisotopic (exact) mass is 601 g/mol. The molecule has 0 aliphatic heterocycles. The van der Waals surface area contributed by atoms with E-state index < -0.39 is 0 Å². The molecule has 2 aromatic heterocycles. The van der Waals surface area contributed by atoms with Gasteiger partial charge < -0.3 is 4.42 Å². The van der Waals surface area contributed by atoms with Gasteiger partial charge in [-0.3, -0.25) is 0 Å². The lowest BCUT2D eigenvalue weighted by Gasteiger charge is -2.12. The summed E-state index contributed by atoms with van der Waals surface area (Å²) in [6, 6.07) is 56.4. The third-order valence-corrected chi connectivity index (χ3v) is 8.69. The Bertz CT molecular complexity index is 2500. The Morgan fingerprint density at radius 3 is 1.49 bits per heavy atom. The van der Waals surface area contributed by atoms with Gasteiger partial charge in [0.15, 0.2) is 17.5 Å². The second kappa shape index (κ2) is 11.2. The highest BCUT2D eigenvalue weighted by Crippen LogP contribution is 2.37. The Labute approximate surface area is 271 Å². The van der Waals surface area contributed by atoms with Crippen molar-refractivity contribution >= 4 is 32.7 Å². The minimum atomic E-state index is 0.590. The van der Waals surface area contributed by atoms with E-state index in [9.17, 15) is 0 Å². The molecule has 0 saturated heterocycles. The summed E-state index contributed by atoms with van der Waals surface area (Å²) in [6.07, 6.45) is 0. The van der Waals surface area contributed by atoms with Gasteiger partial charge in [-0.05, 0) is 64.0 Å². The molecule has 0 fully saturated rings. The van der Waals surface area contributed by atoms with Crippen molar-refractivity contribution in [2.75, 3.05) is 0 Å². The lowest BCUT2D eigenvalue weighted by molar-refractivity contribution is 0.673. The van der Waals surface area contributed by atoms with Crippen LogP contribution in [0.1, 0.15) is 0 Å². The number of fused-ring (bicyclic) bond motifs is 5. The maximum absolute atomic E-state index is 6.52. The van der Waals surface area contributed by atoms with Gasteiger partial charge in [0, 0.05) is 32.8 Å². The molecule has 4 nitrogen and oxygen atoms in total. The summed E-state index contributed by atoms with van der Waals surface area (Å²) in [5.41, 5.74) is 8.86. The van der Waals surface area contributed by atoms with E-state index in [1.165, 1.54) is 0 Å². The van der Waals surface area contributed by atoms with Gasteiger partial charge in [0.1, 0.15) is 11.2 Å². The van der Waals surface area contributed by atoms with Gasteiger partial charge in [-0.15, -0.1) is 0 Å². The second-order valence-electron chi connectivity index (χ2n) is 11.7. The van der Waals surface area contributed by atoms with Gasteiger partial charge in [0.2, 0.25) is 0 Å². The normalized spacial score (nSPS) is 11.4. The third-order valence-electron chi connectivity index (χ3n) is 8.69. The molecule has 4 heteroatoms. The van der Waals surface area contributed by atoms with E-state index in [1.807, 2.05) is 54.6 Å².